The number of carboxylic acid groups (broad SMARTS) is 1. The van der Waals surface area contributed by atoms with E-state index < -0.39 is 10.9 Å². The van der Waals surface area contributed by atoms with Gasteiger partial charge in [-0.3, -0.25) is 10.1 Å². The monoisotopic (exact) mass is 367 g/mol. The molecule has 7 nitrogen and oxygen atoms in total. The molecule has 1 N–H and O–H groups in total. The van der Waals surface area contributed by atoms with Crippen LogP contribution in [0, 0.1) is 10.1 Å². The Morgan fingerprint density at radius 3 is 2.77 bits per heavy atom. The van der Waals surface area contributed by atoms with Gasteiger partial charge in [0.1, 0.15) is 11.5 Å². The van der Waals surface area contributed by atoms with Crippen molar-refractivity contribution in [2.75, 3.05) is 7.11 Å². The number of ether oxygens (including phenoxy) is 1. The highest BCUT2D eigenvalue weighted by molar-refractivity contribution is 9.10. The van der Waals surface area contributed by atoms with Crippen molar-refractivity contribution in [1.82, 2.24) is 0 Å². The van der Waals surface area contributed by atoms with Crippen LogP contribution in [0.1, 0.15) is 5.76 Å². The minimum atomic E-state index is -1.12. The molecule has 0 aliphatic carbocycles. The van der Waals surface area contributed by atoms with Crippen molar-refractivity contribution in [2.24, 2.45) is 0 Å². The Labute approximate surface area is 133 Å². The zero-order chi connectivity index (χ0) is 16.3. The molecule has 0 unspecified atom stereocenters. The first-order valence-electron chi connectivity index (χ1n) is 5.95. The molecule has 0 saturated heterocycles. The number of nitrogens with zero attached hydrogens (tertiary/aromatic N) is 1. The Bertz CT molecular complexity index is 765. The Kier molecular flexibility index (Phi) is 4.62. The second-order valence-electron chi connectivity index (χ2n) is 4.14. The molecule has 1 aromatic heterocycles. The van der Waals surface area contributed by atoms with Gasteiger partial charge in [0.25, 0.3) is 5.69 Å². The number of carbonyl (C=O) groups is 1. The largest absolute Gasteiger partial charge is 0.497 e. The molecular weight excluding hydrogens is 358 g/mol. The van der Waals surface area contributed by atoms with Gasteiger partial charge in [-0.15, -0.1) is 0 Å². The van der Waals surface area contributed by atoms with Crippen molar-refractivity contribution in [3.63, 3.8) is 0 Å². The summed E-state index contributed by atoms with van der Waals surface area (Å²) in [5.41, 5.74) is 0.0795. The Morgan fingerprint density at radius 2 is 2.18 bits per heavy atom. The molecule has 114 valence electrons. The number of hydrogen-bond donors (Lipinski definition) is 1. The fraction of sp³-hybridized carbons (Fsp3) is 0.0714. The van der Waals surface area contributed by atoms with Crippen LogP contribution in [-0.2, 0) is 4.79 Å². The number of rotatable bonds is 5. The van der Waals surface area contributed by atoms with E-state index in [1.54, 1.807) is 6.07 Å². The Balaban J connectivity index is 2.52. The average molecular weight is 368 g/mol. The van der Waals surface area contributed by atoms with E-state index in [1.807, 2.05) is 0 Å². The number of carboxylic acids is 1. The number of benzene rings is 1. The van der Waals surface area contributed by atoms with Gasteiger partial charge in [-0.25, -0.2) is 4.79 Å². The second kappa shape index (κ2) is 6.44. The predicted molar refractivity (Wildman–Crippen MR) is 81.7 cm³/mol. The van der Waals surface area contributed by atoms with Crippen LogP contribution >= 0.6 is 15.9 Å². The van der Waals surface area contributed by atoms with E-state index in [2.05, 4.69) is 15.9 Å². The van der Waals surface area contributed by atoms with Crippen molar-refractivity contribution in [3.8, 4) is 17.1 Å². The van der Waals surface area contributed by atoms with Gasteiger partial charge in [0.2, 0.25) is 0 Å². The maximum atomic E-state index is 11.2. The zero-order valence-electron chi connectivity index (χ0n) is 11.3. The van der Waals surface area contributed by atoms with Gasteiger partial charge >= 0.3 is 5.97 Å². The van der Waals surface area contributed by atoms with E-state index in [4.69, 9.17) is 14.3 Å². The molecule has 0 fully saturated rings. The summed E-state index contributed by atoms with van der Waals surface area (Å²) in [5.74, 6) is -0.276. The molecule has 0 amide bonds. The number of aliphatic carboxylic acids is 1. The molecule has 1 heterocycles. The van der Waals surface area contributed by atoms with E-state index in [0.717, 1.165) is 6.08 Å². The fourth-order valence-corrected chi connectivity index (χ4v) is 2.31. The van der Waals surface area contributed by atoms with E-state index in [0.29, 0.717) is 10.2 Å². The van der Waals surface area contributed by atoms with Crippen molar-refractivity contribution in [3.05, 3.63) is 50.7 Å². The van der Waals surface area contributed by atoms with Gasteiger partial charge in [0.05, 0.1) is 28.1 Å². The minimum absolute atomic E-state index is 0.178. The summed E-state index contributed by atoms with van der Waals surface area (Å²) in [6.45, 7) is 0. The number of nitro benzene ring substituents is 1. The maximum Gasteiger partial charge on any atom is 0.328 e. The Morgan fingerprint density at radius 1 is 1.45 bits per heavy atom. The fourth-order valence-electron chi connectivity index (χ4n) is 1.79. The van der Waals surface area contributed by atoms with Gasteiger partial charge in [-0.05, 0) is 40.2 Å². The summed E-state index contributed by atoms with van der Waals surface area (Å²) in [6, 6.07) is 5.90. The van der Waals surface area contributed by atoms with Crippen molar-refractivity contribution >= 4 is 33.7 Å². The van der Waals surface area contributed by atoms with Crippen LogP contribution in [0.5, 0.6) is 5.75 Å². The lowest BCUT2D eigenvalue weighted by Crippen LogP contribution is -1.93. The summed E-state index contributed by atoms with van der Waals surface area (Å²) < 4.78 is 10.9. The summed E-state index contributed by atoms with van der Waals surface area (Å²) in [4.78, 5) is 21.2. The summed E-state index contributed by atoms with van der Waals surface area (Å²) >= 11 is 3.25. The number of halogens is 1. The lowest BCUT2D eigenvalue weighted by molar-refractivity contribution is -0.384. The third-order valence-electron chi connectivity index (χ3n) is 2.74. The molecular formula is C14H10BrNO6. The van der Waals surface area contributed by atoms with E-state index in [1.165, 1.54) is 31.4 Å². The summed E-state index contributed by atoms with van der Waals surface area (Å²) in [6.07, 6.45) is 2.17. The first-order chi connectivity index (χ1) is 10.4. The normalized spacial score (nSPS) is 10.8. The lowest BCUT2D eigenvalue weighted by atomic mass is 10.1. The molecule has 2 rings (SSSR count). The maximum absolute atomic E-state index is 11.2. The average Bonchev–Trinajstić information content (AvgIpc) is 2.85. The van der Waals surface area contributed by atoms with Crippen LogP contribution in [0.3, 0.4) is 0 Å². The first-order valence-corrected chi connectivity index (χ1v) is 6.75. The number of nitro groups is 1. The third kappa shape index (κ3) is 3.34. The van der Waals surface area contributed by atoms with E-state index >= 15 is 0 Å². The van der Waals surface area contributed by atoms with Gasteiger partial charge in [-0.1, -0.05) is 0 Å². The standard InChI is InChI=1S/C14H10BrNO6/c1-21-8-2-4-10(12(7-8)16(19)20)14-11(15)6-9(22-14)3-5-13(17)18/h2-7H,1H3,(H,17,18)/b5-3+. The molecule has 0 atom stereocenters. The van der Waals surface area contributed by atoms with E-state index in [-0.39, 0.29) is 22.8 Å². The summed E-state index contributed by atoms with van der Waals surface area (Å²) in [5, 5.41) is 19.8. The number of furan rings is 1. The number of methoxy groups -OCH3 is 1. The summed E-state index contributed by atoms with van der Waals surface area (Å²) in [7, 11) is 1.41. The SMILES string of the molecule is COc1ccc(-c2oc(/C=C/C(=O)O)cc2Br)c([N+](=O)[O-])c1. The van der Waals surface area contributed by atoms with Gasteiger partial charge in [0.15, 0.2) is 5.76 Å². The van der Waals surface area contributed by atoms with Crippen LogP contribution in [-0.4, -0.2) is 23.1 Å². The van der Waals surface area contributed by atoms with Gasteiger partial charge < -0.3 is 14.3 Å². The predicted octanol–water partition coefficient (Wildman–Crippen LogP) is 3.72. The highest BCUT2D eigenvalue weighted by atomic mass is 79.9. The molecule has 0 aliphatic heterocycles. The molecule has 0 aliphatic rings. The molecule has 0 bridgehead atoms. The molecule has 0 spiro atoms. The van der Waals surface area contributed by atoms with Crippen molar-refractivity contribution < 1.29 is 24.0 Å². The smallest absolute Gasteiger partial charge is 0.328 e. The minimum Gasteiger partial charge on any atom is -0.497 e. The van der Waals surface area contributed by atoms with Crippen LogP contribution in [0.25, 0.3) is 17.4 Å². The van der Waals surface area contributed by atoms with Crippen LogP contribution < -0.4 is 4.74 Å². The third-order valence-corrected chi connectivity index (χ3v) is 3.33. The van der Waals surface area contributed by atoms with E-state index in [9.17, 15) is 14.9 Å². The lowest BCUT2D eigenvalue weighted by Gasteiger charge is -2.03. The number of hydrogen-bond acceptors (Lipinski definition) is 5. The van der Waals surface area contributed by atoms with Crippen LogP contribution in [0.2, 0.25) is 0 Å². The Hall–Kier alpha value is -2.61. The second-order valence-corrected chi connectivity index (χ2v) is 4.99. The van der Waals surface area contributed by atoms with Crippen molar-refractivity contribution in [2.45, 2.75) is 0 Å². The van der Waals surface area contributed by atoms with Crippen LogP contribution in [0.15, 0.2) is 39.2 Å². The topological polar surface area (TPSA) is 103 Å². The quantitative estimate of drug-likeness (QED) is 0.490. The van der Waals surface area contributed by atoms with Gasteiger partial charge in [0, 0.05) is 6.08 Å². The molecule has 1 aromatic carbocycles. The zero-order valence-corrected chi connectivity index (χ0v) is 12.9. The molecule has 22 heavy (non-hydrogen) atoms. The molecule has 0 saturated carbocycles. The van der Waals surface area contributed by atoms with Crippen LogP contribution in [0.4, 0.5) is 5.69 Å². The first kappa shape index (κ1) is 15.8. The molecule has 8 heteroatoms. The van der Waals surface area contributed by atoms with Crippen molar-refractivity contribution in [1.29, 1.82) is 0 Å². The molecule has 2 aromatic rings. The molecule has 0 radical (unpaired) electrons. The highest BCUT2D eigenvalue weighted by Crippen LogP contribution is 2.39. The van der Waals surface area contributed by atoms with Gasteiger partial charge in [-0.2, -0.15) is 0 Å². The highest BCUT2D eigenvalue weighted by Gasteiger charge is 2.22.